The van der Waals surface area contributed by atoms with Gasteiger partial charge in [-0.2, -0.15) is 0 Å². The molecule has 168 valence electrons. The maximum absolute atomic E-state index is 13.3. The zero-order chi connectivity index (χ0) is 23.3. The lowest BCUT2D eigenvalue weighted by molar-refractivity contribution is -0.137. The van der Waals surface area contributed by atoms with Gasteiger partial charge >= 0.3 is 0 Å². The van der Waals surface area contributed by atoms with E-state index in [1.165, 1.54) is 11.8 Å². The van der Waals surface area contributed by atoms with Crippen molar-refractivity contribution < 1.29 is 19.1 Å². The maximum atomic E-state index is 13.3. The van der Waals surface area contributed by atoms with Crippen LogP contribution in [-0.4, -0.2) is 41.9 Å². The van der Waals surface area contributed by atoms with Gasteiger partial charge in [0.2, 0.25) is 5.91 Å². The van der Waals surface area contributed by atoms with Crippen LogP contribution in [0.25, 0.3) is 5.57 Å². The zero-order valence-electron chi connectivity index (χ0n) is 18.9. The summed E-state index contributed by atoms with van der Waals surface area (Å²) < 4.78 is 5.55. The fourth-order valence-electron chi connectivity index (χ4n) is 3.41. The van der Waals surface area contributed by atoms with E-state index in [0.29, 0.717) is 29.9 Å². The van der Waals surface area contributed by atoms with Gasteiger partial charge in [-0.05, 0) is 57.0 Å². The first-order valence-corrected chi connectivity index (χ1v) is 10.7. The van der Waals surface area contributed by atoms with Crippen LogP contribution in [0.15, 0.2) is 54.2 Å². The van der Waals surface area contributed by atoms with Crippen LogP contribution in [0.5, 0.6) is 0 Å². The van der Waals surface area contributed by atoms with Crippen molar-refractivity contribution in [2.45, 2.75) is 40.2 Å². The van der Waals surface area contributed by atoms with Crippen molar-refractivity contribution in [3.63, 3.8) is 0 Å². The molecule has 3 amide bonds. The minimum absolute atomic E-state index is 0.0922. The third-order valence-corrected chi connectivity index (χ3v) is 4.96. The highest BCUT2D eigenvalue weighted by Crippen LogP contribution is 2.31. The Morgan fingerprint density at radius 1 is 0.969 bits per heavy atom. The molecular formula is C25H29N3O4. The van der Waals surface area contributed by atoms with E-state index >= 15 is 0 Å². The molecule has 0 saturated carbocycles. The Morgan fingerprint density at radius 2 is 1.59 bits per heavy atom. The number of benzene rings is 2. The molecular weight excluding hydrogens is 406 g/mol. The van der Waals surface area contributed by atoms with Gasteiger partial charge in [-0.1, -0.05) is 29.8 Å². The van der Waals surface area contributed by atoms with Crippen molar-refractivity contribution in [1.82, 2.24) is 4.90 Å². The number of nitrogens with zero attached hydrogens (tertiary/aromatic N) is 1. The number of aryl methyl sites for hydroxylation is 1. The van der Waals surface area contributed by atoms with Gasteiger partial charge in [0.25, 0.3) is 11.8 Å². The molecule has 2 aromatic rings. The van der Waals surface area contributed by atoms with Crippen LogP contribution >= 0.6 is 0 Å². The number of carbonyl (C=O) groups is 3. The SMILES string of the molecule is CC(=O)Nc1ccc(C2=C(Nc3ccc(C)cc3)C(=O)N(CCCOC(C)C)C2=O)cc1. The zero-order valence-corrected chi connectivity index (χ0v) is 18.9. The van der Waals surface area contributed by atoms with E-state index in [2.05, 4.69) is 10.6 Å². The van der Waals surface area contributed by atoms with E-state index in [9.17, 15) is 14.4 Å². The Morgan fingerprint density at radius 3 is 2.19 bits per heavy atom. The molecule has 0 aromatic heterocycles. The molecule has 1 aliphatic heterocycles. The molecule has 0 radical (unpaired) electrons. The van der Waals surface area contributed by atoms with Gasteiger partial charge in [-0.3, -0.25) is 19.3 Å². The van der Waals surface area contributed by atoms with Crippen LogP contribution in [0.2, 0.25) is 0 Å². The number of amides is 3. The summed E-state index contributed by atoms with van der Waals surface area (Å²) >= 11 is 0. The number of ether oxygens (including phenoxy) is 1. The van der Waals surface area contributed by atoms with Gasteiger partial charge in [0.05, 0.1) is 11.7 Å². The van der Waals surface area contributed by atoms with Crippen molar-refractivity contribution >= 4 is 34.7 Å². The Bertz CT molecular complexity index is 1020. The number of imide groups is 1. The predicted octanol–water partition coefficient (Wildman–Crippen LogP) is 3.96. The minimum atomic E-state index is -0.360. The summed E-state index contributed by atoms with van der Waals surface area (Å²) in [5.74, 6) is -0.886. The summed E-state index contributed by atoms with van der Waals surface area (Å²) in [4.78, 5) is 39.0. The number of carbonyl (C=O) groups excluding carboxylic acids is 3. The third kappa shape index (κ3) is 5.62. The molecule has 1 aliphatic rings. The first kappa shape index (κ1) is 23.2. The molecule has 2 N–H and O–H groups in total. The topological polar surface area (TPSA) is 87.7 Å². The normalized spacial score (nSPS) is 13.8. The second-order valence-corrected chi connectivity index (χ2v) is 8.03. The van der Waals surface area contributed by atoms with Crippen LogP contribution in [-0.2, 0) is 19.1 Å². The van der Waals surface area contributed by atoms with E-state index < -0.39 is 0 Å². The van der Waals surface area contributed by atoms with Crippen molar-refractivity contribution in [3.05, 3.63) is 65.4 Å². The summed E-state index contributed by atoms with van der Waals surface area (Å²) in [6.45, 7) is 8.05. The van der Waals surface area contributed by atoms with Gasteiger partial charge < -0.3 is 15.4 Å². The summed E-state index contributed by atoms with van der Waals surface area (Å²) in [7, 11) is 0. The monoisotopic (exact) mass is 435 g/mol. The summed E-state index contributed by atoms with van der Waals surface area (Å²) in [5, 5.41) is 5.85. The molecule has 0 bridgehead atoms. The molecule has 1 heterocycles. The lowest BCUT2D eigenvalue weighted by Crippen LogP contribution is -2.34. The van der Waals surface area contributed by atoms with Gasteiger partial charge in [-0.25, -0.2) is 0 Å². The van der Waals surface area contributed by atoms with Crippen molar-refractivity contribution in [3.8, 4) is 0 Å². The molecule has 7 heteroatoms. The Labute approximate surface area is 188 Å². The molecule has 3 rings (SSSR count). The minimum Gasteiger partial charge on any atom is -0.379 e. The Kier molecular flexibility index (Phi) is 7.43. The van der Waals surface area contributed by atoms with Gasteiger partial charge in [0.15, 0.2) is 0 Å². The number of hydrogen-bond donors (Lipinski definition) is 2. The van der Waals surface area contributed by atoms with Crippen molar-refractivity contribution in [2.75, 3.05) is 23.8 Å². The average molecular weight is 436 g/mol. The Hall–Kier alpha value is -3.45. The van der Waals surface area contributed by atoms with Crippen LogP contribution in [0, 0.1) is 6.92 Å². The van der Waals surface area contributed by atoms with Crippen LogP contribution in [0.3, 0.4) is 0 Å². The molecule has 7 nitrogen and oxygen atoms in total. The van der Waals surface area contributed by atoms with Crippen LogP contribution < -0.4 is 10.6 Å². The van der Waals surface area contributed by atoms with E-state index in [0.717, 1.165) is 11.3 Å². The summed E-state index contributed by atoms with van der Waals surface area (Å²) in [5.41, 5.74) is 3.61. The molecule has 0 unspecified atom stereocenters. The quantitative estimate of drug-likeness (QED) is 0.460. The van der Waals surface area contributed by atoms with Crippen LogP contribution in [0.1, 0.15) is 38.3 Å². The number of anilines is 2. The first-order chi connectivity index (χ1) is 15.3. The van der Waals surface area contributed by atoms with Gasteiger partial charge in [0, 0.05) is 31.5 Å². The molecule has 0 spiro atoms. The highest BCUT2D eigenvalue weighted by molar-refractivity contribution is 6.36. The predicted molar refractivity (Wildman–Crippen MR) is 125 cm³/mol. The van der Waals surface area contributed by atoms with Crippen LogP contribution in [0.4, 0.5) is 11.4 Å². The fraction of sp³-hybridized carbons (Fsp3) is 0.320. The second-order valence-electron chi connectivity index (χ2n) is 8.03. The molecule has 0 saturated heterocycles. The average Bonchev–Trinajstić information content (AvgIpc) is 2.97. The highest BCUT2D eigenvalue weighted by atomic mass is 16.5. The van der Waals surface area contributed by atoms with Crippen molar-refractivity contribution in [1.29, 1.82) is 0 Å². The number of rotatable bonds is 9. The van der Waals surface area contributed by atoms with E-state index in [1.54, 1.807) is 24.3 Å². The molecule has 32 heavy (non-hydrogen) atoms. The first-order valence-electron chi connectivity index (χ1n) is 10.7. The lowest BCUT2D eigenvalue weighted by atomic mass is 10.0. The lowest BCUT2D eigenvalue weighted by Gasteiger charge is -2.16. The van der Waals surface area contributed by atoms with E-state index in [-0.39, 0.29) is 36.1 Å². The van der Waals surface area contributed by atoms with Gasteiger partial charge in [-0.15, -0.1) is 0 Å². The largest absolute Gasteiger partial charge is 0.379 e. The fourth-order valence-corrected chi connectivity index (χ4v) is 3.41. The van der Waals surface area contributed by atoms with Gasteiger partial charge in [0.1, 0.15) is 5.70 Å². The molecule has 0 aliphatic carbocycles. The molecule has 0 atom stereocenters. The highest BCUT2D eigenvalue weighted by Gasteiger charge is 2.38. The summed E-state index contributed by atoms with van der Waals surface area (Å²) in [6.07, 6.45) is 0.650. The molecule has 0 fully saturated rings. The second kappa shape index (κ2) is 10.2. The number of hydrogen-bond acceptors (Lipinski definition) is 5. The number of nitrogens with one attached hydrogen (secondary N) is 2. The van der Waals surface area contributed by atoms with Crippen molar-refractivity contribution in [2.24, 2.45) is 0 Å². The maximum Gasteiger partial charge on any atom is 0.278 e. The third-order valence-electron chi connectivity index (χ3n) is 4.96. The van der Waals surface area contributed by atoms with E-state index in [1.807, 2.05) is 45.0 Å². The smallest absolute Gasteiger partial charge is 0.278 e. The van der Waals surface area contributed by atoms with E-state index in [4.69, 9.17) is 4.74 Å². The standard InChI is InChI=1S/C25H29N3O4/c1-16(2)32-15-5-14-28-24(30)22(19-8-12-20(13-9-19)26-18(4)29)23(25(28)31)27-21-10-6-17(3)7-11-21/h6-13,16,27H,5,14-15H2,1-4H3,(H,26,29). The Balaban J connectivity index is 1.89. The molecule has 2 aromatic carbocycles. The summed E-state index contributed by atoms with van der Waals surface area (Å²) in [6, 6.07) is 14.5.